The van der Waals surface area contributed by atoms with Crippen LogP contribution in [0.3, 0.4) is 0 Å². The molecular weight excluding hydrogens is 470 g/mol. The second-order valence-electron chi connectivity index (χ2n) is 7.14. The van der Waals surface area contributed by atoms with Crippen molar-refractivity contribution in [2.75, 3.05) is 38.0 Å². The molecule has 174 valence electrons. The number of ether oxygens (including phenoxy) is 3. The van der Waals surface area contributed by atoms with Crippen molar-refractivity contribution in [3.05, 3.63) is 47.5 Å². The van der Waals surface area contributed by atoms with Crippen LogP contribution in [0.25, 0.3) is 0 Å². The molecule has 0 saturated carbocycles. The van der Waals surface area contributed by atoms with Crippen LogP contribution in [0.15, 0.2) is 45.7 Å². The third-order valence-electron chi connectivity index (χ3n) is 4.98. The van der Waals surface area contributed by atoms with Crippen molar-refractivity contribution in [2.45, 2.75) is 11.4 Å². The SMILES string of the molecule is COc1ccc(CNC(=O)COC(=O)c2ccc3c(c2)SC2=NS(=O)(=O)CCN23)cc1OC. The molecule has 0 aromatic heterocycles. The van der Waals surface area contributed by atoms with E-state index in [4.69, 9.17) is 14.2 Å². The van der Waals surface area contributed by atoms with Gasteiger partial charge in [-0.25, -0.2) is 13.2 Å². The topological polar surface area (TPSA) is 124 Å². The zero-order valence-electron chi connectivity index (χ0n) is 17.9. The zero-order chi connectivity index (χ0) is 23.6. The van der Waals surface area contributed by atoms with E-state index in [9.17, 15) is 18.0 Å². The molecule has 2 heterocycles. The van der Waals surface area contributed by atoms with Gasteiger partial charge in [0.2, 0.25) is 0 Å². The number of methoxy groups -OCH3 is 2. The monoisotopic (exact) mass is 491 g/mol. The Bertz CT molecular complexity index is 1240. The quantitative estimate of drug-likeness (QED) is 0.577. The number of hydrogen-bond donors (Lipinski definition) is 1. The maximum atomic E-state index is 12.4. The summed E-state index contributed by atoms with van der Waals surface area (Å²) in [6.07, 6.45) is 0. The van der Waals surface area contributed by atoms with Gasteiger partial charge in [0.05, 0.1) is 31.2 Å². The highest BCUT2D eigenvalue weighted by atomic mass is 32.2. The van der Waals surface area contributed by atoms with Gasteiger partial charge in [-0.3, -0.25) is 4.79 Å². The van der Waals surface area contributed by atoms with Crippen LogP contribution in [0, 0.1) is 0 Å². The number of benzene rings is 2. The molecule has 1 N–H and O–H groups in total. The molecule has 2 aromatic carbocycles. The van der Waals surface area contributed by atoms with Gasteiger partial charge in [-0.05, 0) is 47.7 Å². The summed E-state index contributed by atoms with van der Waals surface area (Å²) < 4.78 is 42.8. The standard InChI is InChI=1S/C21H21N3O7S2/c1-29-16-6-3-13(9-17(16)30-2)11-22-19(25)12-31-20(26)14-4-5-15-18(10-14)32-21-23-33(27,28)8-7-24(15)21/h3-6,9-10H,7-8,11-12H2,1-2H3,(H,22,25). The number of carbonyl (C=O) groups is 2. The average Bonchev–Trinajstić information content (AvgIpc) is 3.16. The Balaban J connectivity index is 1.32. The van der Waals surface area contributed by atoms with Gasteiger partial charge in [-0.1, -0.05) is 6.07 Å². The Morgan fingerprint density at radius 2 is 1.91 bits per heavy atom. The average molecular weight is 492 g/mol. The number of thioether (sulfide) groups is 1. The Labute approximate surface area is 195 Å². The minimum absolute atomic E-state index is 0.0568. The molecule has 2 aliphatic rings. The van der Waals surface area contributed by atoms with Crippen molar-refractivity contribution in [1.82, 2.24) is 5.32 Å². The molecular formula is C21H21N3O7S2. The van der Waals surface area contributed by atoms with Gasteiger partial charge in [0.1, 0.15) is 0 Å². The third kappa shape index (κ3) is 5.06. The minimum atomic E-state index is -3.46. The van der Waals surface area contributed by atoms with E-state index < -0.39 is 28.5 Å². The second-order valence-corrected chi connectivity index (χ2v) is 9.90. The summed E-state index contributed by atoms with van der Waals surface area (Å²) in [5.41, 5.74) is 1.85. The fraction of sp³-hybridized carbons (Fsp3) is 0.286. The fourth-order valence-electron chi connectivity index (χ4n) is 3.31. The molecule has 33 heavy (non-hydrogen) atoms. The molecule has 0 unspecified atom stereocenters. The van der Waals surface area contributed by atoms with E-state index in [0.717, 1.165) is 11.3 Å². The molecule has 12 heteroatoms. The molecule has 10 nitrogen and oxygen atoms in total. The first kappa shape index (κ1) is 22.9. The number of nitrogens with one attached hydrogen (secondary N) is 1. The third-order valence-corrected chi connectivity index (χ3v) is 7.29. The summed E-state index contributed by atoms with van der Waals surface area (Å²) in [4.78, 5) is 27.0. The molecule has 0 atom stereocenters. The van der Waals surface area contributed by atoms with Crippen molar-refractivity contribution >= 4 is 44.5 Å². The maximum absolute atomic E-state index is 12.4. The first-order chi connectivity index (χ1) is 15.8. The summed E-state index contributed by atoms with van der Waals surface area (Å²) in [7, 11) is -0.392. The fourth-order valence-corrected chi connectivity index (χ4v) is 5.61. The van der Waals surface area contributed by atoms with Crippen molar-refractivity contribution < 1.29 is 32.2 Å². The van der Waals surface area contributed by atoms with Gasteiger partial charge in [-0.15, -0.1) is 4.40 Å². The smallest absolute Gasteiger partial charge is 0.338 e. The van der Waals surface area contributed by atoms with E-state index in [2.05, 4.69) is 9.71 Å². The van der Waals surface area contributed by atoms with E-state index in [1.54, 1.807) is 41.3 Å². The number of amides is 1. The number of esters is 1. The Hall–Kier alpha value is -3.25. The Morgan fingerprint density at radius 1 is 1.12 bits per heavy atom. The number of sulfonamides is 1. The number of rotatable bonds is 7. The lowest BCUT2D eigenvalue weighted by molar-refractivity contribution is -0.124. The summed E-state index contributed by atoms with van der Waals surface area (Å²) in [5.74, 6) is -0.0354. The largest absolute Gasteiger partial charge is 0.493 e. The van der Waals surface area contributed by atoms with Crippen molar-refractivity contribution in [2.24, 2.45) is 4.40 Å². The van der Waals surface area contributed by atoms with E-state index in [-0.39, 0.29) is 17.9 Å². The van der Waals surface area contributed by atoms with Crippen LogP contribution in [0.5, 0.6) is 11.5 Å². The number of anilines is 1. The van der Waals surface area contributed by atoms with E-state index >= 15 is 0 Å². The normalized spacial score (nSPS) is 15.7. The van der Waals surface area contributed by atoms with Crippen LogP contribution in [0.1, 0.15) is 15.9 Å². The van der Waals surface area contributed by atoms with Crippen LogP contribution in [-0.4, -0.2) is 58.6 Å². The van der Waals surface area contributed by atoms with E-state index in [1.165, 1.54) is 26.0 Å². The predicted molar refractivity (Wildman–Crippen MR) is 123 cm³/mol. The summed E-state index contributed by atoms with van der Waals surface area (Å²) in [6.45, 7) is 0.103. The van der Waals surface area contributed by atoms with E-state index in [0.29, 0.717) is 28.1 Å². The molecule has 0 aliphatic carbocycles. The molecule has 0 radical (unpaired) electrons. The van der Waals surface area contributed by atoms with Crippen molar-refractivity contribution in [3.63, 3.8) is 0 Å². The van der Waals surface area contributed by atoms with Crippen LogP contribution < -0.4 is 19.7 Å². The molecule has 4 rings (SSSR count). The highest BCUT2D eigenvalue weighted by Gasteiger charge is 2.33. The summed E-state index contributed by atoms with van der Waals surface area (Å²) in [5, 5.41) is 3.05. The predicted octanol–water partition coefficient (Wildman–Crippen LogP) is 1.79. The molecule has 0 fully saturated rings. The lowest BCUT2D eigenvalue weighted by Gasteiger charge is -2.22. The van der Waals surface area contributed by atoms with Crippen LogP contribution >= 0.6 is 11.8 Å². The molecule has 2 aliphatic heterocycles. The first-order valence-electron chi connectivity index (χ1n) is 9.86. The van der Waals surface area contributed by atoms with Crippen LogP contribution in [-0.2, 0) is 26.1 Å². The second kappa shape index (κ2) is 9.32. The Morgan fingerprint density at radius 3 is 2.67 bits per heavy atom. The number of nitrogens with zero attached hydrogens (tertiary/aromatic N) is 2. The maximum Gasteiger partial charge on any atom is 0.338 e. The zero-order valence-corrected chi connectivity index (χ0v) is 19.5. The molecule has 0 spiro atoms. The number of fused-ring (bicyclic) bond motifs is 3. The van der Waals surface area contributed by atoms with Crippen molar-refractivity contribution in [1.29, 1.82) is 0 Å². The summed E-state index contributed by atoms with van der Waals surface area (Å²) in [6, 6.07) is 10.2. The van der Waals surface area contributed by atoms with Crippen molar-refractivity contribution in [3.8, 4) is 11.5 Å². The Kier molecular flexibility index (Phi) is 6.47. The number of amidine groups is 1. The van der Waals surface area contributed by atoms with Gasteiger partial charge in [0.15, 0.2) is 23.3 Å². The van der Waals surface area contributed by atoms with Crippen LogP contribution in [0.4, 0.5) is 5.69 Å². The highest BCUT2D eigenvalue weighted by molar-refractivity contribution is 8.15. The van der Waals surface area contributed by atoms with E-state index in [1.807, 2.05) is 0 Å². The molecule has 1 amide bonds. The lowest BCUT2D eigenvalue weighted by atomic mass is 10.2. The van der Waals surface area contributed by atoms with Gasteiger partial charge in [-0.2, -0.15) is 0 Å². The number of carbonyl (C=O) groups excluding carboxylic acids is 2. The molecule has 0 bridgehead atoms. The molecule has 0 saturated heterocycles. The van der Waals surface area contributed by atoms with Gasteiger partial charge >= 0.3 is 5.97 Å². The highest BCUT2D eigenvalue weighted by Crippen LogP contribution is 2.42. The van der Waals surface area contributed by atoms with Gasteiger partial charge in [0, 0.05) is 18.0 Å². The number of hydrogen-bond acceptors (Lipinski definition) is 9. The van der Waals surface area contributed by atoms with Gasteiger partial charge < -0.3 is 24.4 Å². The minimum Gasteiger partial charge on any atom is -0.493 e. The first-order valence-corrected chi connectivity index (χ1v) is 12.3. The van der Waals surface area contributed by atoms with Crippen LogP contribution in [0.2, 0.25) is 0 Å². The summed E-state index contributed by atoms with van der Waals surface area (Å²) >= 11 is 1.18. The van der Waals surface area contributed by atoms with Gasteiger partial charge in [0.25, 0.3) is 15.9 Å². The molecule has 2 aromatic rings. The lowest BCUT2D eigenvalue weighted by Crippen LogP contribution is -2.35.